The van der Waals surface area contributed by atoms with E-state index in [2.05, 4.69) is 137 Å². The first-order chi connectivity index (χ1) is 26.2. The Balaban J connectivity index is 1.19. The number of para-hydroxylation sites is 2. The first kappa shape index (κ1) is 29.4. The molecular formula is C49H28N2O2. The summed E-state index contributed by atoms with van der Waals surface area (Å²) in [7, 11) is 0. The van der Waals surface area contributed by atoms with Crippen LogP contribution in [0.15, 0.2) is 179 Å². The lowest BCUT2D eigenvalue weighted by Crippen LogP contribution is -1.94. The largest absolute Gasteiger partial charge is 0.465 e. The summed E-state index contributed by atoms with van der Waals surface area (Å²) >= 11 is 0. The third kappa shape index (κ3) is 4.41. The van der Waals surface area contributed by atoms with E-state index in [4.69, 9.17) is 15.4 Å². The number of benzene rings is 8. The van der Waals surface area contributed by atoms with E-state index in [9.17, 15) is 0 Å². The van der Waals surface area contributed by atoms with Crippen molar-refractivity contribution in [1.82, 2.24) is 4.57 Å². The third-order valence-corrected chi connectivity index (χ3v) is 10.6. The fourth-order valence-corrected chi connectivity index (χ4v) is 8.20. The van der Waals surface area contributed by atoms with Crippen LogP contribution >= 0.6 is 0 Å². The van der Waals surface area contributed by atoms with Crippen LogP contribution in [0.25, 0.3) is 110 Å². The first-order valence-electron chi connectivity index (χ1n) is 17.7. The van der Waals surface area contributed by atoms with Gasteiger partial charge in [0.25, 0.3) is 0 Å². The Kier molecular flexibility index (Phi) is 6.28. The minimum Gasteiger partial charge on any atom is -0.465 e. The number of aromatic nitrogens is 1. The molecule has 8 aromatic carbocycles. The zero-order valence-corrected chi connectivity index (χ0v) is 28.4. The van der Waals surface area contributed by atoms with Crippen molar-refractivity contribution < 1.29 is 8.83 Å². The molecule has 3 heterocycles. The van der Waals surface area contributed by atoms with E-state index >= 15 is 0 Å². The summed E-state index contributed by atoms with van der Waals surface area (Å²) in [6.45, 7) is 8.27. The van der Waals surface area contributed by atoms with Crippen LogP contribution in [-0.4, -0.2) is 4.57 Å². The molecule has 11 aromatic rings. The van der Waals surface area contributed by atoms with Crippen molar-refractivity contribution in [1.29, 1.82) is 0 Å². The Morgan fingerprint density at radius 2 is 1.09 bits per heavy atom. The van der Waals surface area contributed by atoms with Gasteiger partial charge >= 0.3 is 0 Å². The van der Waals surface area contributed by atoms with E-state index in [-0.39, 0.29) is 0 Å². The van der Waals surface area contributed by atoms with Crippen molar-refractivity contribution in [2.75, 3.05) is 0 Å². The highest BCUT2D eigenvalue weighted by Gasteiger charge is 2.22. The minimum atomic E-state index is 0.477. The summed E-state index contributed by atoms with van der Waals surface area (Å²) in [4.78, 5) is 4.01. The average molecular weight is 677 g/mol. The molecule has 0 aliphatic carbocycles. The van der Waals surface area contributed by atoms with Crippen LogP contribution in [-0.2, 0) is 0 Å². The van der Waals surface area contributed by atoms with Crippen LogP contribution in [0.5, 0.6) is 0 Å². The predicted octanol–water partition coefficient (Wildman–Crippen LogP) is 14.1. The SMILES string of the molecule is [C-]#[N+]c1cc(-c2cccc3oc4ccccc4c23)cc2c1oc1c(-n3c4ccc(-c5ccccc5)cc4c4ccc(-c5ccccc5)cc43)cccc12. The Hall–Kier alpha value is -7.35. The second-order valence-corrected chi connectivity index (χ2v) is 13.5. The van der Waals surface area contributed by atoms with E-state index in [0.29, 0.717) is 11.3 Å². The molecule has 11 rings (SSSR count). The van der Waals surface area contributed by atoms with Gasteiger partial charge in [-0.3, -0.25) is 0 Å². The molecule has 0 aliphatic heterocycles. The summed E-state index contributed by atoms with van der Waals surface area (Å²) < 4.78 is 15.4. The fourth-order valence-electron chi connectivity index (χ4n) is 8.20. The lowest BCUT2D eigenvalue weighted by molar-refractivity contribution is 0.668. The van der Waals surface area contributed by atoms with Gasteiger partial charge in [-0.2, -0.15) is 0 Å². The Morgan fingerprint density at radius 3 is 1.91 bits per heavy atom. The number of hydrogen-bond acceptors (Lipinski definition) is 2. The Morgan fingerprint density at radius 1 is 0.415 bits per heavy atom. The van der Waals surface area contributed by atoms with Crippen LogP contribution in [0, 0.1) is 6.57 Å². The van der Waals surface area contributed by atoms with Crippen molar-refractivity contribution in [3.63, 3.8) is 0 Å². The highest BCUT2D eigenvalue weighted by molar-refractivity contribution is 6.18. The molecule has 4 nitrogen and oxygen atoms in total. The van der Waals surface area contributed by atoms with Gasteiger partial charge in [0.2, 0.25) is 5.69 Å². The van der Waals surface area contributed by atoms with Crippen LogP contribution in [0.1, 0.15) is 0 Å². The van der Waals surface area contributed by atoms with E-state index in [0.717, 1.165) is 82.7 Å². The number of fused-ring (bicyclic) bond motifs is 9. The Bertz CT molecular complexity index is 3280. The van der Waals surface area contributed by atoms with E-state index in [1.807, 2.05) is 42.5 Å². The second kappa shape index (κ2) is 11.3. The van der Waals surface area contributed by atoms with Gasteiger partial charge in [-0.15, -0.1) is 0 Å². The highest BCUT2D eigenvalue weighted by Crippen LogP contribution is 2.45. The standard InChI is InChI=1S/C49H28N2O2/c1-50-41-28-34(35-17-11-21-46-47(35)38-16-8-9-20-45(38)52-46)27-40-37-18-10-19-43(49(37)53-48(40)41)51-42-25-23-32(30-12-4-2-5-13-30)26-39(42)36-24-22-33(29-44(36)51)31-14-6-3-7-15-31/h2-29H. The maximum atomic E-state index is 8.27. The maximum Gasteiger partial charge on any atom is 0.230 e. The predicted molar refractivity (Wildman–Crippen MR) is 218 cm³/mol. The monoisotopic (exact) mass is 676 g/mol. The summed E-state index contributed by atoms with van der Waals surface area (Å²) in [6, 6.07) is 59.2. The smallest absolute Gasteiger partial charge is 0.230 e. The first-order valence-corrected chi connectivity index (χ1v) is 17.7. The van der Waals surface area contributed by atoms with E-state index in [1.165, 1.54) is 16.5 Å². The third-order valence-electron chi connectivity index (χ3n) is 10.6. The zero-order valence-electron chi connectivity index (χ0n) is 28.4. The van der Waals surface area contributed by atoms with Gasteiger partial charge in [0, 0.05) is 32.3 Å². The molecule has 0 aliphatic rings. The molecule has 246 valence electrons. The van der Waals surface area contributed by atoms with Crippen LogP contribution < -0.4 is 0 Å². The second-order valence-electron chi connectivity index (χ2n) is 13.5. The minimum absolute atomic E-state index is 0.477. The molecule has 0 atom stereocenters. The zero-order chi connectivity index (χ0) is 35.0. The number of nitrogens with zero attached hydrogens (tertiary/aromatic N) is 2. The van der Waals surface area contributed by atoms with E-state index in [1.54, 1.807) is 0 Å². The van der Waals surface area contributed by atoms with Gasteiger partial charge in [0.05, 0.1) is 23.3 Å². The topological polar surface area (TPSA) is 35.6 Å². The molecule has 0 N–H and O–H groups in total. The van der Waals surface area contributed by atoms with Crippen molar-refractivity contribution >= 4 is 71.4 Å². The van der Waals surface area contributed by atoms with Crippen molar-refractivity contribution in [2.24, 2.45) is 0 Å². The molecule has 0 radical (unpaired) electrons. The van der Waals surface area contributed by atoms with Crippen molar-refractivity contribution in [2.45, 2.75) is 0 Å². The molecule has 0 saturated carbocycles. The van der Waals surface area contributed by atoms with Gasteiger partial charge in [0.1, 0.15) is 16.7 Å². The quantitative estimate of drug-likeness (QED) is 0.174. The molecule has 0 bridgehead atoms. The van der Waals surface area contributed by atoms with Gasteiger partial charge in [-0.25, -0.2) is 4.85 Å². The Labute approximate surface area is 304 Å². The summed E-state index contributed by atoms with van der Waals surface area (Å²) in [5, 5.41) is 6.30. The van der Waals surface area contributed by atoms with Gasteiger partial charge in [-0.1, -0.05) is 121 Å². The van der Waals surface area contributed by atoms with Crippen LogP contribution in [0.3, 0.4) is 0 Å². The van der Waals surface area contributed by atoms with Crippen LogP contribution in [0.4, 0.5) is 5.69 Å². The van der Waals surface area contributed by atoms with Crippen molar-refractivity contribution in [3.05, 3.63) is 181 Å². The van der Waals surface area contributed by atoms with Gasteiger partial charge in [-0.05, 0) is 81.9 Å². The molecule has 0 fully saturated rings. The highest BCUT2D eigenvalue weighted by atomic mass is 16.3. The normalized spacial score (nSPS) is 11.8. The molecule has 3 aromatic heterocycles. The molecule has 4 heteroatoms. The lowest BCUT2D eigenvalue weighted by Gasteiger charge is -2.10. The maximum absolute atomic E-state index is 8.27. The molecule has 0 unspecified atom stereocenters. The average Bonchev–Trinajstić information content (AvgIpc) is 3.90. The lowest BCUT2D eigenvalue weighted by atomic mass is 9.97. The van der Waals surface area contributed by atoms with Gasteiger partial charge in [0.15, 0.2) is 5.58 Å². The van der Waals surface area contributed by atoms with Crippen LogP contribution in [0.2, 0.25) is 0 Å². The molecule has 0 spiro atoms. The van der Waals surface area contributed by atoms with E-state index < -0.39 is 0 Å². The summed E-state index contributed by atoms with van der Waals surface area (Å²) in [6.07, 6.45) is 0. The number of rotatable bonds is 4. The molecule has 0 saturated heterocycles. The molecular weight excluding hydrogens is 649 g/mol. The summed E-state index contributed by atoms with van der Waals surface area (Å²) in [5.41, 5.74) is 13.2. The fraction of sp³-hybridized carbons (Fsp3) is 0. The molecule has 53 heavy (non-hydrogen) atoms. The molecule has 0 amide bonds. The number of hydrogen-bond donors (Lipinski definition) is 0. The summed E-state index contributed by atoms with van der Waals surface area (Å²) in [5.74, 6) is 0. The van der Waals surface area contributed by atoms with Gasteiger partial charge < -0.3 is 13.4 Å². The number of furan rings is 2. The van der Waals surface area contributed by atoms with Crippen molar-refractivity contribution in [3.8, 4) is 39.1 Å².